The highest BCUT2D eigenvalue weighted by atomic mass is 15.3. The first-order valence-corrected chi connectivity index (χ1v) is 3.18. The van der Waals surface area contributed by atoms with E-state index in [4.69, 9.17) is 6.57 Å². The van der Waals surface area contributed by atoms with Crippen LogP contribution in [0.4, 0.5) is 5.69 Å². The minimum absolute atomic E-state index is 0.671. The number of nitrogens with zero attached hydrogens (tertiary/aromatic N) is 3. The average Bonchev–Trinajstić information content (AvgIpc) is 2.30. The molecule has 3 heteroatoms. The third-order valence-corrected chi connectivity index (χ3v) is 1.34. The van der Waals surface area contributed by atoms with E-state index in [2.05, 4.69) is 9.94 Å². The van der Waals surface area contributed by atoms with Gasteiger partial charge in [-0.05, 0) is 6.42 Å². The highest BCUT2D eigenvalue weighted by molar-refractivity contribution is 5.47. The minimum Gasteiger partial charge on any atom is -0.287 e. The van der Waals surface area contributed by atoms with Crippen molar-refractivity contribution < 1.29 is 0 Å². The molecule has 1 aromatic rings. The van der Waals surface area contributed by atoms with Crippen LogP contribution in [0.15, 0.2) is 6.20 Å². The van der Waals surface area contributed by atoms with Crippen LogP contribution in [0.3, 0.4) is 0 Å². The van der Waals surface area contributed by atoms with Gasteiger partial charge in [0, 0.05) is 13.2 Å². The Morgan fingerprint density at radius 1 is 1.80 bits per heavy atom. The molecular weight excluding hydrogens is 126 g/mol. The Labute approximate surface area is 60.1 Å². The molecule has 0 saturated carbocycles. The molecule has 52 valence electrons. The summed E-state index contributed by atoms with van der Waals surface area (Å²) in [4.78, 5) is 3.33. The highest BCUT2D eigenvalue weighted by Gasteiger charge is 2.02. The lowest BCUT2D eigenvalue weighted by atomic mass is 10.3. The Balaban J connectivity index is 3.12. The van der Waals surface area contributed by atoms with Crippen LogP contribution >= 0.6 is 0 Å². The molecule has 1 rings (SSSR count). The molecule has 1 heterocycles. The molecule has 0 saturated heterocycles. The Hall–Kier alpha value is -1.30. The van der Waals surface area contributed by atoms with E-state index < -0.39 is 0 Å². The van der Waals surface area contributed by atoms with Crippen molar-refractivity contribution in [3.63, 3.8) is 0 Å². The lowest BCUT2D eigenvalue weighted by Crippen LogP contribution is -1.88. The van der Waals surface area contributed by atoms with Gasteiger partial charge in [0.15, 0.2) is 0 Å². The van der Waals surface area contributed by atoms with Crippen molar-refractivity contribution in [2.45, 2.75) is 13.3 Å². The minimum atomic E-state index is 0.671. The largest absolute Gasteiger partial charge is 0.287 e. The molecule has 0 aromatic carbocycles. The summed E-state index contributed by atoms with van der Waals surface area (Å²) in [6, 6.07) is 0. The van der Waals surface area contributed by atoms with Crippen LogP contribution < -0.4 is 0 Å². The number of hydrogen-bond donors (Lipinski definition) is 0. The summed E-state index contributed by atoms with van der Waals surface area (Å²) in [6.45, 7) is 8.77. The Bertz CT molecular complexity index is 267. The van der Waals surface area contributed by atoms with Crippen molar-refractivity contribution in [3.05, 3.63) is 23.3 Å². The smallest absolute Gasteiger partial charge is 0.227 e. The van der Waals surface area contributed by atoms with Gasteiger partial charge >= 0.3 is 0 Å². The molecule has 0 aliphatic heterocycles. The molecule has 0 aliphatic rings. The number of aryl methyl sites for hydroxylation is 2. The molecule has 0 atom stereocenters. The molecule has 0 N–H and O–H groups in total. The predicted molar refractivity (Wildman–Crippen MR) is 38.8 cm³/mol. The lowest BCUT2D eigenvalue weighted by molar-refractivity contribution is 0.746. The van der Waals surface area contributed by atoms with Crippen LogP contribution in [-0.2, 0) is 13.5 Å². The third-order valence-electron chi connectivity index (χ3n) is 1.34. The average molecular weight is 135 g/mol. The van der Waals surface area contributed by atoms with Crippen LogP contribution in [0.5, 0.6) is 0 Å². The number of aromatic nitrogens is 2. The van der Waals surface area contributed by atoms with Gasteiger partial charge in [0.1, 0.15) is 0 Å². The molecule has 0 spiro atoms. The maximum absolute atomic E-state index is 6.77. The van der Waals surface area contributed by atoms with E-state index in [0.717, 1.165) is 12.1 Å². The van der Waals surface area contributed by atoms with Crippen molar-refractivity contribution in [2.24, 2.45) is 7.05 Å². The first-order chi connectivity index (χ1) is 4.77. The molecule has 1 aromatic heterocycles. The van der Waals surface area contributed by atoms with Gasteiger partial charge in [-0.2, -0.15) is 5.10 Å². The zero-order valence-electron chi connectivity index (χ0n) is 6.13. The van der Waals surface area contributed by atoms with E-state index in [9.17, 15) is 0 Å². The van der Waals surface area contributed by atoms with Crippen LogP contribution in [0.2, 0.25) is 0 Å². The number of hydrogen-bond acceptors (Lipinski definition) is 1. The van der Waals surface area contributed by atoms with Gasteiger partial charge in [-0.25, -0.2) is 4.85 Å². The standard InChI is InChI=1S/C7H9N3/c1-4-6-7(8-2)5-10(3)9-6/h5H,4H2,1,3H3. The SMILES string of the molecule is [C-]#[N+]c1cn(C)nc1CC. The van der Waals surface area contributed by atoms with Crippen LogP contribution in [0.1, 0.15) is 12.6 Å². The Morgan fingerprint density at radius 3 is 2.90 bits per heavy atom. The quantitative estimate of drug-likeness (QED) is 0.535. The maximum atomic E-state index is 6.77. The van der Waals surface area contributed by atoms with E-state index >= 15 is 0 Å². The van der Waals surface area contributed by atoms with E-state index in [0.29, 0.717) is 5.69 Å². The molecule has 10 heavy (non-hydrogen) atoms. The summed E-state index contributed by atoms with van der Waals surface area (Å²) < 4.78 is 1.67. The first-order valence-electron chi connectivity index (χ1n) is 3.18. The molecule has 0 fully saturated rings. The third kappa shape index (κ3) is 1.01. The molecule has 0 amide bonds. The summed E-state index contributed by atoms with van der Waals surface area (Å²) in [5.41, 5.74) is 1.56. The molecular formula is C7H9N3. The van der Waals surface area contributed by atoms with Gasteiger partial charge in [0.2, 0.25) is 5.69 Å². The second kappa shape index (κ2) is 2.53. The second-order valence-electron chi connectivity index (χ2n) is 2.10. The predicted octanol–water partition coefficient (Wildman–Crippen LogP) is 1.53. The summed E-state index contributed by atoms with van der Waals surface area (Å²) >= 11 is 0. The van der Waals surface area contributed by atoms with Crippen molar-refractivity contribution in [1.29, 1.82) is 0 Å². The zero-order valence-corrected chi connectivity index (χ0v) is 6.13. The van der Waals surface area contributed by atoms with Crippen LogP contribution in [0, 0.1) is 6.57 Å². The van der Waals surface area contributed by atoms with E-state index in [1.165, 1.54) is 0 Å². The summed E-state index contributed by atoms with van der Waals surface area (Å²) in [5, 5.41) is 4.10. The van der Waals surface area contributed by atoms with Gasteiger partial charge in [-0.15, -0.1) is 0 Å². The fraction of sp³-hybridized carbons (Fsp3) is 0.429. The highest BCUT2D eigenvalue weighted by Crippen LogP contribution is 2.16. The Morgan fingerprint density at radius 2 is 2.50 bits per heavy atom. The molecule has 0 unspecified atom stereocenters. The Kier molecular flexibility index (Phi) is 1.72. The monoisotopic (exact) mass is 135 g/mol. The number of rotatable bonds is 1. The van der Waals surface area contributed by atoms with Gasteiger partial charge in [0.25, 0.3) is 0 Å². The summed E-state index contributed by atoms with van der Waals surface area (Å²) in [6.07, 6.45) is 2.57. The normalized spacial score (nSPS) is 9.30. The molecule has 3 nitrogen and oxygen atoms in total. The molecule has 0 bridgehead atoms. The van der Waals surface area contributed by atoms with E-state index in [1.807, 2.05) is 14.0 Å². The molecule has 0 radical (unpaired) electrons. The maximum Gasteiger partial charge on any atom is 0.227 e. The van der Waals surface area contributed by atoms with Crippen LogP contribution in [-0.4, -0.2) is 9.78 Å². The van der Waals surface area contributed by atoms with Crippen molar-refractivity contribution >= 4 is 5.69 Å². The van der Waals surface area contributed by atoms with Crippen molar-refractivity contribution in [2.75, 3.05) is 0 Å². The van der Waals surface area contributed by atoms with Gasteiger partial charge < -0.3 is 0 Å². The topological polar surface area (TPSA) is 22.2 Å². The van der Waals surface area contributed by atoms with Gasteiger partial charge in [0.05, 0.1) is 12.3 Å². The van der Waals surface area contributed by atoms with Gasteiger partial charge in [-0.1, -0.05) is 6.92 Å². The summed E-state index contributed by atoms with van der Waals surface area (Å²) in [7, 11) is 1.83. The fourth-order valence-corrected chi connectivity index (χ4v) is 0.867. The second-order valence-corrected chi connectivity index (χ2v) is 2.10. The van der Waals surface area contributed by atoms with Crippen molar-refractivity contribution in [3.8, 4) is 0 Å². The lowest BCUT2D eigenvalue weighted by Gasteiger charge is -1.85. The van der Waals surface area contributed by atoms with Crippen LogP contribution in [0.25, 0.3) is 4.85 Å². The zero-order chi connectivity index (χ0) is 7.56. The summed E-state index contributed by atoms with van der Waals surface area (Å²) in [5.74, 6) is 0. The van der Waals surface area contributed by atoms with E-state index in [-0.39, 0.29) is 0 Å². The van der Waals surface area contributed by atoms with Gasteiger partial charge in [-0.3, -0.25) is 4.68 Å². The first kappa shape index (κ1) is 6.81. The van der Waals surface area contributed by atoms with E-state index in [1.54, 1.807) is 10.9 Å². The fourth-order valence-electron chi connectivity index (χ4n) is 0.867. The van der Waals surface area contributed by atoms with Crippen molar-refractivity contribution in [1.82, 2.24) is 9.78 Å². The molecule has 0 aliphatic carbocycles.